The van der Waals surface area contributed by atoms with E-state index in [4.69, 9.17) is 11.6 Å². The SMILES string of the molecule is CC(C)n1c(C(F)F)nc2c(F)c(-c3ccnc(Cl)n3)ccc21. The van der Waals surface area contributed by atoms with Crippen LogP contribution in [-0.2, 0) is 0 Å². The predicted molar refractivity (Wildman–Crippen MR) is 81.1 cm³/mol. The average Bonchev–Trinajstić information content (AvgIpc) is 2.88. The summed E-state index contributed by atoms with van der Waals surface area (Å²) in [5.41, 5.74) is 0.607. The third-order valence-electron chi connectivity index (χ3n) is 3.44. The van der Waals surface area contributed by atoms with Crippen molar-refractivity contribution in [3.8, 4) is 11.3 Å². The van der Waals surface area contributed by atoms with E-state index < -0.39 is 18.1 Å². The summed E-state index contributed by atoms with van der Waals surface area (Å²) in [5, 5.41) is -0.0250. The van der Waals surface area contributed by atoms with Gasteiger partial charge in [-0.15, -0.1) is 0 Å². The summed E-state index contributed by atoms with van der Waals surface area (Å²) in [6.07, 6.45) is -1.40. The summed E-state index contributed by atoms with van der Waals surface area (Å²) in [7, 11) is 0. The second-order valence-electron chi connectivity index (χ2n) is 5.24. The van der Waals surface area contributed by atoms with Crippen molar-refractivity contribution >= 4 is 22.6 Å². The van der Waals surface area contributed by atoms with Crippen LogP contribution in [0.15, 0.2) is 24.4 Å². The summed E-state index contributed by atoms with van der Waals surface area (Å²) in [6.45, 7) is 3.48. The van der Waals surface area contributed by atoms with Crippen LogP contribution >= 0.6 is 11.6 Å². The molecule has 0 amide bonds. The smallest absolute Gasteiger partial charge is 0.295 e. The minimum Gasteiger partial charge on any atom is -0.321 e. The van der Waals surface area contributed by atoms with Crippen molar-refractivity contribution < 1.29 is 13.2 Å². The Morgan fingerprint density at radius 1 is 1.13 bits per heavy atom. The maximum absolute atomic E-state index is 14.8. The lowest BCUT2D eigenvalue weighted by Gasteiger charge is -2.12. The Morgan fingerprint density at radius 3 is 2.48 bits per heavy atom. The van der Waals surface area contributed by atoms with E-state index in [0.29, 0.717) is 5.52 Å². The topological polar surface area (TPSA) is 43.6 Å². The van der Waals surface area contributed by atoms with Gasteiger partial charge in [-0.05, 0) is 43.6 Å². The Morgan fingerprint density at radius 2 is 1.87 bits per heavy atom. The molecule has 0 bridgehead atoms. The molecule has 0 radical (unpaired) electrons. The van der Waals surface area contributed by atoms with Gasteiger partial charge in [0.15, 0.2) is 11.6 Å². The van der Waals surface area contributed by atoms with Crippen LogP contribution in [0.4, 0.5) is 13.2 Å². The molecular formula is C15H12ClF3N4. The molecule has 0 aliphatic carbocycles. The summed E-state index contributed by atoms with van der Waals surface area (Å²) < 4.78 is 42.5. The summed E-state index contributed by atoms with van der Waals surface area (Å²) >= 11 is 5.71. The minimum absolute atomic E-state index is 0.0250. The van der Waals surface area contributed by atoms with Crippen LogP contribution in [0.3, 0.4) is 0 Å². The number of hydrogen-bond acceptors (Lipinski definition) is 3. The van der Waals surface area contributed by atoms with Gasteiger partial charge in [-0.3, -0.25) is 0 Å². The second-order valence-corrected chi connectivity index (χ2v) is 5.58. The van der Waals surface area contributed by atoms with Crippen molar-refractivity contribution in [3.05, 3.63) is 41.3 Å². The van der Waals surface area contributed by atoms with Crippen LogP contribution in [0, 0.1) is 5.82 Å². The first kappa shape index (κ1) is 15.7. The molecule has 0 aliphatic rings. The number of aromatic nitrogens is 4. The highest BCUT2D eigenvalue weighted by atomic mass is 35.5. The maximum Gasteiger partial charge on any atom is 0.295 e. The molecule has 2 heterocycles. The van der Waals surface area contributed by atoms with Crippen molar-refractivity contribution in [1.29, 1.82) is 0 Å². The number of nitrogens with zero attached hydrogens (tertiary/aromatic N) is 4. The number of benzene rings is 1. The van der Waals surface area contributed by atoms with Crippen molar-refractivity contribution in [2.45, 2.75) is 26.3 Å². The Kier molecular flexibility index (Phi) is 3.97. The van der Waals surface area contributed by atoms with Gasteiger partial charge in [0.1, 0.15) is 5.52 Å². The quantitative estimate of drug-likeness (QED) is 0.643. The first-order valence-corrected chi connectivity index (χ1v) is 7.25. The number of rotatable bonds is 3. The van der Waals surface area contributed by atoms with Gasteiger partial charge in [0, 0.05) is 17.8 Å². The molecule has 0 N–H and O–H groups in total. The molecule has 2 aromatic heterocycles. The molecule has 0 saturated heterocycles. The summed E-state index contributed by atoms with van der Waals surface area (Å²) in [4.78, 5) is 11.5. The fourth-order valence-corrected chi connectivity index (χ4v) is 2.67. The van der Waals surface area contributed by atoms with E-state index in [0.717, 1.165) is 0 Å². The fourth-order valence-electron chi connectivity index (χ4n) is 2.53. The molecule has 0 atom stereocenters. The van der Waals surface area contributed by atoms with Gasteiger partial charge in [0.25, 0.3) is 6.43 Å². The normalized spacial score (nSPS) is 11.8. The molecule has 0 saturated carbocycles. The van der Waals surface area contributed by atoms with Gasteiger partial charge in [0.05, 0.1) is 11.2 Å². The highest BCUT2D eigenvalue weighted by Crippen LogP contribution is 2.32. The zero-order valence-corrected chi connectivity index (χ0v) is 13.0. The molecule has 0 spiro atoms. The van der Waals surface area contributed by atoms with Crippen LogP contribution in [-0.4, -0.2) is 19.5 Å². The zero-order valence-electron chi connectivity index (χ0n) is 12.3. The van der Waals surface area contributed by atoms with Gasteiger partial charge in [-0.2, -0.15) is 0 Å². The number of halogens is 4. The van der Waals surface area contributed by atoms with Crippen LogP contribution in [0.25, 0.3) is 22.3 Å². The fraction of sp³-hybridized carbons (Fsp3) is 0.267. The van der Waals surface area contributed by atoms with Crippen molar-refractivity contribution in [2.75, 3.05) is 0 Å². The van der Waals surface area contributed by atoms with Gasteiger partial charge >= 0.3 is 0 Å². The zero-order chi connectivity index (χ0) is 16.7. The van der Waals surface area contributed by atoms with Crippen LogP contribution < -0.4 is 0 Å². The first-order valence-electron chi connectivity index (χ1n) is 6.87. The molecular weight excluding hydrogens is 329 g/mol. The predicted octanol–water partition coefficient (Wildman–Crippen LogP) is 4.80. The molecule has 3 rings (SSSR count). The van der Waals surface area contributed by atoms with E-state index in [1.165, 1.54) is 22.9 Å². The standard InChI is InChI=1S/C15H12ClF3N4/c1-7(2)23-10-4-3-8(9-5-6-20-15(16)21-9)11(17)12(10)22-14(23)13(18)19/h3-7,13H,1-2H3. The highest BCUT2D eigenvalue weighted by Gasteiger charge is 2.24. The number of alkyl halides is 2. The van der Waals surface area contributed by atoms with E-state index in [9.17, 15) is 13.2 Å². The molecule has 120 valence electrons. The molecule has 3 aromatic rings. The molecule has 0 aliphatic heterocycles. The van der Waals surface area contributed by atoms with Crippen molar-refractivity contribution in [2.24, 2.45) is 0 Å². The lowest BCUT2D eigenvalue weighted by molar-refractivity contribution is 0.134. The van der Waals surface area contributed by atoms with Crippen molar-refractivity contribution in [1.82, 2.24) is 19.5 Å². The maximum atomic E-state index is 14.8. The minimum atomic E-state index is -2.79. The second kappa shape index (κ2) is 5.81. The highest BCUT2D eigenvalue weighted by molar-refractivity contribution is 6.28. The molecule has 1 aromatic carbocycles. The van der Waals surface area contributed by atoms with E-state index >= 15 is 0 Å². The Hall–Kier alpha value is -2.15. The summed E-state index contributed by atoms with van der Waals surface area (Å²) in [6, 6.07) is 4.25. The first-order chi connectivity index (χ1) is 10.9. The van der Waals surface area contributed by atoms with Gasteiger partial charge < -0.3 is 4.57 Å². The van der Waals surface area contributed by atoms with Gasteiger partial charge in [-0.1, -0.05) is 0 Å². The van der Waals surface area contributed by atoms with Crippen LogP contribution in [0.2, 0.25) is 5.28 Å². The van der Waals surface area contributed by atoms with E-state index in [2.05, 4.69) is 15.0 Å². The largest absolute Gasteiger partial charge is 0.321 e. The Balaban J connectivity index is 2.28. The Labute approximate surface area is 135 Å². The van der Waals surface area contributed by atoms with Crippen LogP contribution in [0.1, 0.15) is 32.1 Å². The molecule has 4 nitrogen and oxygen atoms in total. The lowest BCUT2D eigenvalue weighted by Crippen LogP contribution is -2.06. The molecule has 0 fully saturated rings. The third kappa shape index (κ3) is 2.65. The van der Waals surface area contributed by atoms with E-state index in [1.807, 2.05) is 0 Å². The number of fused-ring (bicyclic) bond motifs is 1. The van der Waals surface area contributed by atoms with E-state index in [1.54, 1.807) is 19.9 Å². The van der Waals surface area contributed by atoms with Gasteiger partial charge in [0.2, 0.25) is 5.28 Å². The lowest BCUT2D eigenvalue weighted by atomic mass is 10.1. The number of imidazole rings is 1. The molecule has 0 unspecified atom stereocenters. The van der Waals surface area contributed by atoms with Crippen LogP contribution in [0.5, 0.6) is 0 Å². The summed E-state index contributed by atoms with van der Waals surface area (Å²) in [5.74, 6) is -1.16. The molecule has 8 heteroatoms. The Bertz CT molecular complexity index is 877. The van der Waals surface area contributed by atoms with E-state index in [-0.39, 0.29) is 28.1 Å². The average molecular weight is 341 g/mol. The monoisotopic (exact) mass is 340 g/mol. The molecule has 23 heavy (non-hydrogen) atoms. The van der Waals surface area contributed by atoms with Gasteiger partial charge in [-0.25, -0.2) is 28.1 Å². The van der Waals surface area contributed by atoms with Crippen molar-refractivity contribution in [3.63, 3.8) is 0 Å². The number of hydrogen-bond donors (Lipinski definition) is 0. The third-order valence-corrected chi connectivity index (χ3v) is 3.62.